The van der Waals surface area contributed by atoms with Gasteiger partial charge in [-0.3, -0.25) is 0 Å². The maximum Gasteiger partial charge on any atom is 0.177 e. The molecule has 0 unspecified atom stereocenters. The minimum atomic E-state index is -3.36. The number of fused-ring (bicyclic) bond motifs is 1. The summed E-state index contributed by atoms with van der Waals surface area (Å²) in [6, 6.07) is 5.03. The van der Waals surface area contributed by atoms with Crippen molar-refractivity contribution in [3.8, 4) is 0 Å². The molecule has 92 valence electrons. The van der Waals surface area contributed by atoms with E-state index in [-0.39, 0.29) is 17.9 Å². The highest BCUT2D eigenvalue weighted by Gasteiger charge is 2.19. The highest BCUT2D eigenvalue weighted by Crippen LogP contribution is 2.29. The average molecular weight is 274 g/mol. The van der Waals surface area contributed by atoms with Crippen LogP contribution in [0.15, 0.2) is 23.1 Å². The first-order valence-corrected chi connectivity index (χ1v) is 7.31. The third-order valence-corrected chi connectivity index (χ3v) is 3.96. The second-order valence-corrected chi connectivity index (χ2v) is 6.26. The molecule has 0 aliphatic rings. The molecule has 2 rings (SSSR count). The van der Waals surface area contributed by atoms with Crippen molar-refractivity contribution in [3.63, 3.8) is 0 Å². The van der Waals surface area contributed by atoms with Crippen LogP contribution >= 0.6 is 11.6 Å². The van der Waals surface area contributed by atoms with Gasteiger partial charge in [-0.05, 0) is 18.2 Å². The van der Waals surface area contributed by atoms with Crippen LogP contribution in [0.4, 0.5) is 0 Å². The molecule has 0 amide bonds. The summed E-state index contributed by atoms with van der Waals surface area (Å²) in [7, 11) is -3.36. The summed E-state index contributed by atoms with van der Waals surface area (Å²) >= 11 is 5.87. The molecule has 17 heavy (non-hydrogen) atoms. The van der Waals surface area contributed by atoms with E-state index in [0.29, 0.717) is 21.6 Å². The maximum atomic E-state index is 11.8. The van der Waals surface area contributed by atoms with Gasteiger partial charge in [0, 0.05) is 40.9 Å². The van der Waals surface area contributed by atoms with Crippen LogP contribution in [0.5, 0.6) is 0 Å². The molecule has 0 bridgehead atoms. The van der Waals surface area contributed by atoms with Gasteiger partial charge in [-0.15, -0.1) is 0 Å². The van der Waals surface area contributed by atoms with Gasteiger partial charge < -0.3 is 10.1 Å². The van der Waals surface area contributed by atoms with Crippen LogP contribution in [-0.2, 0) is 16.3 Å². The Bertz CT molecular complexity index is 661. The molecular weight excluding hydrogens is 262 g/mol. The Balaban J connectivity index is 2.83. The van der Waals surface area contributed by atoms with Crippen molar-refractivity contribution < 1.29 is 13.5 Å². The van der Waals surface area contributed by atoms with Crippen molar-refractivity contribution in [1.29, 1.82) is 0 Å². The van der Waals surface area contributed by atoms with Crippen molar-refractivity contribution in [2.24, 2.45) is 0 Å². The second-order valence-electron chi connectivity index (χ2n) is 3.87. The summed E-state index contributed by atoms with van der Waals surface area (Å²) in [6.07, 6.45) is 1.42. The van der Waals surface area contributed by atoms with Crippen LogP contribution in [0.2, 0.25) is 5.02 Å². The Morgan fingerprint density at radius 3 is 2.71 bits per heavy atom. The van der Waals surface area contributed by atoms with Crippen LogP contribution < -0.4 is 0 Å². The van der Waals surface area contributed by atoms with Crippen LogP contribution in [-0.4, -0.2) is 31.4 Å². The number of benzene rings is 1. The van der Waals surface area contributed by atoms with Crippen molar-refractivity contribution in [2.45, 2.75) is 11.3 Å². The quantitative estimate of drug-likeness (QED) is 0.895. The number of aliphatic hydroxyl groups excluding tert-OH is 1. The summed E-state index contributed by atoms with van der Waals surface area (Å²) in [5.74, 6) is 0. The molecule has 0 saturated carbocycles. The van der Waals surface area contributed by atoms with Gasteiger partial charge in [0.05, 0.1) is 4.90 Å². The van der Waals surface area contributed by atoms with E-state index in [2.05, 4.69) is 4.98 Å². The molecule has 0 aliphatic heterocycles. The van der Waals surface area contributed by atoms with Crippen LogP contribution in [0, 0.1) is 0 Å². The van der Waals surface area contributed by atoms with Crippen molar-refractivity contribution in [2.75, 3.05) is 12.9 Å². The standard InChI is InChI=1S/C11H12ClNO3S/c1-17(15,16)11-8-6-7(12)2-3-9(8)13-10(11)4-5-14/h2-3,6,13-14H,4-5H2,1H3. The predicted molar refractivity (Wildman–Crippen MR) is 67.2 cm³/mol. The molecule has 0 atom stereocenters. The number of aromatic amines is 1. The molecule has 0 fully saturated rings. The molecule has 1 heterocycles. The summed E-state index contributed by atoms with van der Waals surface area (Å²) in [6.45, 7) is -0.108. The Labute approximate surface area is 104 Å². The van der Waals surface area contributed by atoms with Gasteiger partial charge in [-0.25, -0.2) is 8.42 Å². The lowest BCUT2D eigenvalue weighted by molar-refractivity contribution is 0.297. The number of hydrogen-bond acceptors (Lipinski definition) is 3. The van der Waals surface area contributed by atoms with E-state index in [1.165, 1.54) is 0 Å². The molecule has 0 aliphatic carbocycles. The minimum Gasteiger partial charge on any atom is -0.396 e. The van der Waals surface area contributed by atoms with Crippen LogP contribution in [0.25, 0.3) is 10.9 Å². The number of aromatic nitrogens is 1. The Hall–Kier alpha value is -1.04. The fourth-order valence-corrected chi connectivity index (χ4v) is 3.25. The van der Waals surface area contributed by atoms with Gasteiger partial charge >= 0.3 is 0 Å². The number of hydrogen-bond donors (Lipinski definition) is 2. The smallest absolute Gasteiger partial charge is 0.177 e. The van der Waals surface area contributed by atoms with E-state index in [1.54, 1.807) is 18.2 Å². The SMILES string of the molecule is CS(=O)(=O)c1c(CCO)[nH]c2ccc(Cl)cc12. The fourth-order valence-electron chi connectivity index (χ4n) is 1.91. The highest BCUT2D eigenvalue weighted by atomic mass is 35.5. The Kier molecular flexibility index (Phi) is 3.16. The van der Waals surface area contributed by atoms with Crippen LogP contribution in [0.1, 0.15) is 5.69 Å². The number of nitrogens with one attached hydrogen (secondary N) is 1. The molecule has 2 aromatic rings. The number of aliphatic hydroxyl groups is 1. The Morgan fingerprint density at radius 1 is 1.41 bits per heavy atom. The van der Waals surface area contributed by atoms with E-state index in [4.69, 9.17) is 16.7 Å². The lowest BCUT2D eigenvalue weighted by atomic mass is 10.2. The number of rotatable bonds is 3. The van der Waals surface area contributed by atoms with Gasteiger partial charge in [0.25, 0.3) is 0 Å². The molecule has 1 aromatic heterocycles. The van der Waals surface area contributed by atoms with E-state index in [1.807, 2.05) is 0 Å². The predicted octanol–water partition coefficient (Wildman–Crippen LogP) is 1.76. The van der Waals surface area contributed by atoms with Crippen molar-refractivity contribution >= 4 is 32.3 Å². The van der Waals surface area contributed by atoms with Crippen molar-refractivity contribution in [1.82, 2.24) is 4.98 Å². The topological polar surface area (TPSA) is 70.2 Å². The van der Waals surface area contributed by atoms with E-state index in [9.17, 15) is 8.42 Å². The lowest BCUT2D eigenvalue weighted by Gasteiger charge is -2.00. The highest BCUT2D eigenvalue weighted by molar-refractivity contribution is 7.91. The summed E-state index contributed by atoms with van der Waals surface area (Å²) in [4.78, 5) is 3.23. The molecular formula is C11H12ClNO3S. The van der Waals surface area contributed by atoms with E-state index in [0.717, 1.165) is 6.26 Å². The van der Waals surface area contributed by atoms with E-state index < -0.39 is 9.84 Å². The zero-order valence-electron chi connectivity index (χ0n) is 9.20. The number of H-pyrrole nitrogens is 1. The Morgan fingerprint density at radius 2 is 2.12 bits per heavy atom. The normalized spacial score (nSPS) is 12.2. The lowest BCUT2D eigenvalue weighted by Crippen LogP contribution is -2.02. The maximum absolute atomic E-state index is 11.8. The number of halogens is 1. The summed E-state index contributed by atoms with van der Waals surface area (Å²) in [5.41, 5.74) is 1.23. The second kappa shape index (κ2) is 4.33. The largest absolute Gasteiger partial charge is 0.396 e. The summed E-state index contributed by atoms with van der Waals surface area (Å²) in [5, 5.41) is 10.0. The fraction of sp³-hybridized carbons (Fsp3) is 0.273. The monoisotopic (exact) mass is 273 g/mol. The van der Waals surface area contributed by atoms with Gasteiger partial charge in [0.2, 0.25) is 0 Å². The number of sulfone groups is 1. The third kappa shape index (κ3) is 2.31. The van der Waals surface area contributed by atoms with Gasteiger partial charge in [0.15, 0.2) is 9.84 Å². The molecule has 2 N–H and O–H groups in total. The van der Waals surface area contributed by atoms with E-state index >= 15 is 0 Å². The molecule has 4 nitrogen and oxygen atoms in total. The molecule has 6 heteroatoms. The summed E-state index contributed by atoms with van der Waals surface area (Å²) < 4.78 is 23.5. The van der Waals surface area contributed by atoms with Gasteiger partial charge in [0.1, 0.15) is 0 Å². The van der Waals surface area contributed by atoms with Crippen LogP contribution in [0.3, 0.4) is 0 Å². The first kappa shape index (κ1) is 12.4. The first-order valence-electron chi connectivity index (χ1n) is 5.04. The van der Waals surface area contributed by atoms with Crippen molar-refractivity contribution in [3.05, 3.63) is 28.9 Å². The zero-order valence-corrected chi connectivity index (χ0v) is 10.8. The molecule has 0 radical (unpaired) electrons. The molecule has 1 aromatic carbocycles. The third-order valence-electron chi connectivity index (χ3n) is 2.52. The molecule has 0 saturated heterocycles. The average Bonchev–Trinajstić information content (AvgIpc) is 2.54. The first-order chi connectivity index (χ1) is 7.93. The zero-order chi connectivity index (χ0) is 12.6. The van der Waals surface area contributed by atoms with Gasteiger partial charge in [-0.1, -0.05) is 11.6 Å². The molecule has 0 spiro atoms. The van der Waals surface area contributed by atoms with Gasteiger partial charge in [-0.2, -0.15) is 0 Å². The minimum absolute atomic E-state index is 0.108.